The van der Waals surface area contributed by atoms with Gasteiger partial charge in [0.05, 0.1) is 0 Å². The third kappa shape index (κ3) is 3.96. The lowest BCUT2D eigenvalue weighted by molar-refractivity contribution is 0.0949. The first-order chi connectivity index (χ1) is 13.5. The van der Waals surface area contributed by atoms with E-state index in [-0.39, 0.29) is 17.9 Å². The summed E-state index contributed by atoms with van der Waals surface area (Å²) in [5.74, 6) is -0.321. The Balaban J connectivity index is 1.59. The lowest BCUT2D eigenvalue weighted by atomic mass is 10.1. The molecule has 0 spiro atoms. The van der Waals surface area contributed by atoms with Gasteiger partial charge in [0.25, 0.3) is 11.8 Å². The zero-order valence-corrected chi connectivity index (χ0v) is 16.9. The smallest absolute Gasteiger partial charge is 0.266 e. The molecule has 2 amide bonds. The van der Waals surface area contributed by atoms with E-state index in [0.717, 1.165) is 29.5 Å². The van der Waals surface area contributed by atoms with Crippen LogP contribution >= 0.6 is 22.9 Å². The van der Waals surface area contributed by atoms with Crippen LogP contribution in [0.5, 0.6) is 0 Å². The van der Waals surface area contributed by atoms with Crippen molar-refractivity contribution in [1.29, 1.82) is 0 Å². The van der Waals surface area contributed by atoms with Crippen LogP contribution in [-0.2, 0) is 0 Å². The molecule has 0 bridgehead atoms. The van der Waals surface area contributed by atoms with Crippen LogP contribution in [0, 0.1) is 6.92 Å². The summed E-state index contributed by atoms with van der Waals surface area (Å²) < 4.78 is 0. The zero-order chi connectivity index (χ0) is 19.7. The van der Waals surface area contributed by atoms with Crippen LogP contribution in [0.15, 0.2) is 53.9 Å². The monoisotopic (exact) mass is 410 g/mol. The quantitative estimate of drug-likeness (QED) is 0.581. The molecule has 3 aromatic rings. The Bertz CT molecular complexity index is 1060. The van der Waals surface area contributed by atoms with Crippen LogP contribution in [0.4, 0.5) is 5.69 Å². The summed E-state index contributed by atoms with van der Waals surface area (Å²) >= 11 is 7.67. The van der Waals surface area contributed by atoms with Crippen molar-refractivity contribution in [2.45, 2.75) is 25.8 Å². The molecule has 1 aromatic heterocycles. The Kier molecular flexibility index (Phi) is 5.20. The number of carbonyl (C=O) groups excluding carboxylic acids is 2. The van der Waals surface area contributed by atoms with Crippen molar-refractivity contribution in [3.8, 4) is 11.1 Å². The van der Waals surface area contributed by atoms with Crippen LogP contribution in [-0.4, -0.2) is 17.9 Å². The number of anilines is 1. The van der Waals surface area contributed by atoms with Crippen LogP contribution in [0.3, 0.4) is 0 Å². The number of carbonyl (C=O) groups is 2. The summed E-state index contributed by atoms with van der Waals surface area (Å²) in [4.78, 5) is 25.9. The minimum atomic E-state index is -0.215. The molecule has 0 atom stereocenters. The van der Waals surface area contributed by atoms with Gasteiger partial charge in [-0.05, 0) is 55.0 Å². The number of rotatable bonds is 5. The van der Waals surface area contributed by atoms with Gasteiger partial charge >= 0.3 is 0 Å². The van der Waals surface area contributed by atoms with Gasteiger partial charge < -0.3 is 10.6 Å². The fourth-order valence-electron chi connectivity index (χ4n) is 2.95. The van der Waals surface area contributed by atoms with Gasteiger partial charge in [0.15, 0.2) is 0 Å². The van der Waals surface area contributed by atoms with E-state index in [2.05, 4.69) is 10.6 Å². The zero-order valence-electron chi connectivity index (χ0n) is 15.3. The van der Waals surface area contributed by atoms with E-state index in [1.54, 1.807) is 12.1 Å². The van der Waals surface area contributed by atoms with E-state index in [1.165, 1.54) is 11.3 Å². The first-order valence-corrected chi connectivity index (χ1v) is 10.3. The summed E-state index contributed by atoms with van der Waals surface area (Å²) in [5.41, 5.74) is 3.70. The second-order valence-electron chi connectivity index (χ2n) is 6.87. The largest absolute Gasteiger partial charge is 0.349 e. The third-order valence-electron chi connectivity index (χ3n) is 4.70. The number of benzene rings is 2. The van der Waals surface area contributed by atoms with Crippen LogP contribution in [0.1, 0.15) is 38.4 Å². The Hall–Kier alpha value is -2.63. The lowest BCUT2D eigenvalue weighted by Gasteiger charge is -2.12. The Morgan fingerprint density at radius 1 is 1.04 bits per heavy atom. The second-order valence-corrected chi connectivity index (χ2v) is 8.20. The summed E-state index contributed by atoms with van der Waals surface area (Å²) in [6.07, 6.45) is 2.06. The van der Waals surface area contributed by atoms with Crippen molar-refractivity contribution in [2.75, 3.05) is 5.32 Å². The van der Waals surface area contributed by atoms with Crippen molar-refractivity contribution < 1.29 is 9.59 Å². The maximum Gasteiger partial charge on any atom is 0.266 e. The first kappa shape index (κ1) is 18.7. The maximum atomic E-state index is 13.0. The fourth-order valence-corrected chi connectivity index (χ4v) is 3.99. The van der Waals surface area contributed by atoms with Gasteiger partial charge in [0.1, 0.15) is 4.88 Å². The number of thiophene rings is 1. The number of nitrogens with one attached hydrogen (secondary N) is 2. The van der Waals surface area contributed by atoms with E-state index < -0.39 is 0 Å². The third-order valence-corrected chi connectivity index (χ3v) is 5.94. The van der Waals surface area contributed by atoms with Gasteiger partial charge in [-0.15, -0.1) is 11.3 Å². The normalized spacial score (nSPS) is 13.2. The highest BCUT2D eigenvalue weighted by molar-refractivity contribution is 7.12. The van der Waals surface area contributed by atoms with Crippen LogP contribution in [0.25, 0.3) is 11.1 Å². The first-order valence-electron chi connectivity index (χ1n) is 9.08. The van der Waals surface area contributed by atoms with Crippen molar-refractivity contribution in [3.05, 3.63) is 74.9 Å². The molecular weight excluding hydrogens is 392 g/mol. The molecule has 0 radical (unpaired) electrons. The molecule has 0 saturated heterocycles. The number of amides is 2. The average Bonchev–Trinajstić information content (AvgIpc) is 3.36. The molecule has 28 heavy (non-hydrogen) atoms. The van der Waals surface area contributed by atoms with Crippen LogP contribution in [0.2, 0.25) is 5.02 Å². The fraction of sp³-hybridized carbons (Fsp3) is 0.182. The lowest BCUT2D eigenvalue weighted by Crippen LogP contribution is -2.25. The predicted molar refractivity (Wildman–Crippen MR) is 114 cm³/mol. The molecule has 6 heteroatoms. The van der Waals surface area contributed by atoms with E-state index in [0.29, 0.717) is 21.2 Å². The molecule has 0 aliphatic heterocycles. The van der Waals surface area contributed by atoms with E-state index in [1.807, 2.05) is 48.7 Å². The highest BCUT2D eigenvalue weighted by Gasteiger charge is 2.24. The molecular formula is C22H19ClN2O2S. The van der Waals surface area contributed by atoms with Crippen molar-refractivity contribution >= 4 is 40.4 Å². The van der Waals surface area contributed by atoms with E-state index in [9.17, 15) is 9.59 Å². The standard InChI is InChI=1S/C22H19ClN2O2S/c1-13-6-7-14(21(26)24-15-8-9-15)12-19(13)25-22(27)20-17(10-11-28-20)16-4-2-3-5-18(16)23/h2-7,10-12,15H,8-9H2,1H3,(H,24,26)(H,25,27). The highest BCUT2D eigenvalue weighted by atomic mass is 35.5. The highest BCUT2D eigenvalue weighted by Crippen LogP contribution is 2.34. The van der Waals surface area contributed by atoms with Gasteiger partial charge in [-0.3, -0.25) is 9.59 Å². The van der Waals surface area contributed by atoms with Gasteiger partial charge in [0.2, 0.25) is 0 Å². The number of halogens is 1. The SMILES string of the molecule is Cc1ccc(C(=O)NC2CC2)cc1NC(=O)c1sccc1-c1ccccc1Cl. The topological polar surface area (TPSA) is 58.2 Å². The predicted octanol–water partition coefficient (Wildman–Crippen LogP) is 5.52. The number of hydrogen-bond acceptors (Lipinski definition) is 3. The molecule has 0 unspecified atom stereocenters. The summed E-state index contributed by atoms with van der Waals surface area (Å²) in [5, 5.41) is 8.40. The molecule has 1 saturated carbocycles. The van der Waals surface area contributed by atoms with Gasteiger partial charge in [-0.25, -0.2) is 0 Å². The van der Waals surface area contributed by atoms with Gasteiger partial charge in [0, 0.05) is 33.4 Å². The Morgan fingerprint density at radius 3 is 2.57 bits per heavy atom. The molecule has 142 valence electrons. The number of hydrogen-bond donors (Lipinski definition) is 2. The average molecular weight is 411 g/mol. The molecule has 1 fully saturated rings. The van der Waals surface area contributed by atoms with E-state index >= 15 is 0 Å². The van der Waals surface area contributed by atoms with E-state index in [4.69, 9.17) is 11.6 Å². The molecule has 4 nitrogen and oxygen atoms in total. The number of aryl methyl sites for hydroxylation is 1. The molecule has 2 N–H and O–H groups in total. The van der Waals surface area contributed by atoms with Gasteiger partial charge in [-0.1, -0.05) is 35.9 Å². The summed E-state index contributed by atoms with van der Waals surface area (Å²) in [6.45, 7) is 1.90. The van der Waals surface area contributed by atoms with Crippen molar-refractivity contribution in [3.63, 3.8) is 0 Å². The summed E-state index contributed by atoms with van der Waals surface area (Å²) in [6, 6.07) is 15.0. The Labute approximate surface area is 172 Å². The molecule has 1 aliphatic carbocycles. The summed E-state index contributed by atoms with van der Waals surface area (Å²) in [7, 11) is 0. The molecule has 2 aromatic carbocycles. The Morgan fingerprint density at radius 2 is 1.82 bits per heavy atom. The van der Waals surface area contributed by atoms with Crippen LogP contribution < -0.4 is 10.6 Å². The minimum Gasteiger partial charge on any atom is -0.349 e. The van der Waals surface area contributed by atoms with Crippen molar-refractivity contribution in [2.24, 2.45) is 0 Å². The maximum absolute atomic E-state index is 13.0. The molecule has 1 heterocycles. The minimum absolute atomic E-state index is 0.106. The molecule has 4 rings (SSSR count). The molecule has 1 aliphatic rings. The van der Waals surface area contributed by atoms with Gasteiger partial charge in [-0.2, -0.15) is 0 Å². The second kappa shape index (κ2) is 7.78. The van der Waals surface area contributed by atoms with Crippen molar-refractivity contribution in [1.82, 2.24) is 5.32 Å².